The lowest BCUT2D eigenvalue weighted by molar-refractivity contribution is 0.0672. The van der Waals surface area contributed by atoms with Crippen LogP contribution in [0.25, 0.3) is 10.9 Å². The Morgan fingerprint density at radius 1 is 1.00 bits per heavy atom. The Balaban J connectivity index is 1.27. The van der Waals surface area contributed by atoms with Crippen LogP contribution in [-0.2, 0) is 27.9 Å². The van der Waals surface area contributed by atoms with Crippen molar-refractivity contribution < 1.29 is 27.5 Å². The van der Waals surface area contributed by atoms with E-state index in [0.29, 0.717) is 35.8 Å². The lowest BCUT2D eigenvalue weighted by Crippen LogP contribution is -2.45. The first-order chi connectivity index (χ1) is 21.6. The van der Waals surface area contributed by atoms with Gasteiger partial charge in [0.05, 0.1) is 17.3 Å². The Labute approximate surface area is 269 Å². The fourth-order valence-electron chi connectivity index (χ4n) is 5.84. The summed E-state index contributed by atoms with van der Waals surface area (Å²) in [6.07, 6.45) is 2.11. The van der Waals surface area contributed by atoms with E-state index >= 15 is 0 Å². The standard InChI is InChI=1S/C34H38ClN3O6S/c1-24-15-16-30-28(22-24)25(2)32(38(30)19-20-43-31-14-7-6-13-29(31)35)33(39)36-45(41,42)21-17-27-12-8-9-18-37(27)34(40)44-23-26-10-4-3-5-11-26/h3-7,10-11,13-16,22,27H,8-9,12,17-21,23H2,1-2H3,(H,36,39). The molecule has 0 aliphatic carbocycles. The van der Waals surface area contributed by atoms with Crippen LogP contribution in [0.4, 0.5) is 4.79 Å². The second kappa shape index (κ2) is 14.4. The third kappa shape index (κ3) is 7.99. The predicted octanol–water partition coefficient (Wildman–Crippen LogP) is 6.63. The van der Waals surface area contributed by atoms with Crippen LogP contribution < -0.4 is 9.46 Å². The monoisotopic (exact) mass is 651 g/mol. The smallest absolute Gasteiger partial charge is 0.410 e. The third-order valence-electron chi connectivity index (χ3n) is 8.13. The summed E-state index contributed by atoms with van der Waals surface area (Å²) in [5.41, 5.74) is 3.64. The molecule has 1 N–H and O–H groups in total. The van der Waals surface area contributed by atoms with Crippen LogP contribution in [0.3, 0.4) is 0 Å². The number of sulfonamides is 1. The summed E-state index contributed by atoms with van der Waals surface area (Å²) in [5, 5.41) is 1.34. The first kappa shape index (κ1) is 32.4. The van der Waals surface area contributed by atoms with Crippen LogP contribution in [-0.4, -0.2) is 54.8 Å². The van der Waals surface area contributed by atoms with Gasteiger partial charge in [0.25, 0.3) is 5.91 Å². The minimum Gasteiger partial charge on any atom is -0.490 e. The average Bonchev–Trinajstić information content (AvgIpc) is 3.30. The largest absolute Gasteiger partial charge is 0.490 e. The molecule has 1 aliphatic heterocycles. The van der Waals surface area contributed by atoms with Crippen molar-refractivity contribution in [1.82, 2.24) is 14.2 Å². The van der Waals surface area contributed by atoms with Gasteiger partial charge < -0.3 is 18.9 Å². The second-order valence-electron chi connectivity index (χ2n) is 11.3. The molecule has 2 heterocycles. The number of aryl methyl sites for hydroxylation is 2. The SMILES string of the molecule is Cc1ccc2c(c1)c(C)c(C(=O)NS(=O)(=O)CCC1CCCCN1C(=O)OCc1ccccc1)n2CCOc1ccccc1Cl. The van der Waals surface area contributed by atoms with Crippen LogP contribution in [0.2, 0.25) is 5.02 Å². The van der Waals surface area contributed by atoms with Crippen molar-refractivity contribution in [3.05, 3.63) is 100 Å². The highest BCUT2D eigenvalue weighted by Crippen LogP contribution is 2.28. The van der Waals surface area contributed by atoms with Gasteiger partial charge >= 0.3 is 6.09 Å². The molecular formula is C34H38ClN3O6S. The number of ether oxygens (including phenoxy) is 2. The molecule has 1 aromatic heterocycles. The Morgan fingerprint density at radius 3 is 2.53 bits per heavy atom. The van der Waals surface area contributed by atoms with E-state index in [-0.39, 0.29) is 37.1 Å². The second-order valence-corrected chi connectivity index (χ2v) is 13.6. The van der Waals surface area contributed by atoms with E-state index in [4.69, 9.17) is 21.1 Å². The minimum atomic E-state index is -4.02. The maximum atomic E-state index is 13.6. The van der Waals surface area contributed by atoms with Crippen molar-refractivity contribution in [3.8, 4) is 5.75 Å². The summed E-state index contributed by atoms with van der Waals surface area (Å²) < 4.78 is 42.0. The normalized spacial score (nSPS) is 15.2. The average molecular weight is 652 g/mol. The van der Waals surface area contributed by atoms with Crippen LogP contribution in [0, 0.1) is 13.8 Å². The number of nitrogens with zero attached hydrogens (tertiary/aromatic N) is 2. The maximum Gasteiger partial charge on any atom is 0.410 e. The van der Waals surface area contributed by atoms with Gasteiger partial charge in [-0.2, -0.15) is 0 Å². The van der Waals surface area contributed by atoms with Crippen LogP contribution in [0.1, 0.15) is 52.9 Å². The van der Waals surface area contributed by atoms with Crippen molar-refractivity contribution in [1.29, 1.82) is 0 Å². The number of nitrogens with one attached hydrogen (secondary N) is 1. The van der Waals surface area contributed by atoms with Crippen molar-refractivity contribution in [2.75, 3.05) is 18.9 Å². The molecule has 0 spiro atoms. The highest BCUT2D eigenvalue weighted by atomic mass is 35.5. The Hall–Kier alpha value is -4.02. The molecule has 5 rings (SSSR count). The highest BCUT2D eigenvalue weighted by molar-refractivity contribution is 7.90. The van der Waals surface area contributed by atoms with E-state index in [9.17, 15) is 18.0 Å². The van der Waals surface area contributed by atoms with Gasteiger partial charge in [0.15, 0.2) is 0 Å². The molecule has 1 fully saturated rings. The summed E-state index contributed by atoms with van der Waals surface area (Å²) in [5.74, 6) is -0.487. The number of rotatable bonds is 11. The van der Waals surface area contributed by atoms with E-state index < -0.39 is 22.0 Å². The number of para-hydroxylation sites is 1. The zero-order valence-electron chi connectivity index (χ0n) is 25.5. The summed E-state index contributed by atoms with van der Waals surface area (Å²) in [6, 6.07) is 22.1. The third-order valence-corrected chi connectivity index (χ3v) is 9.71. The van der Waals surface area contributed by atoms with Gasteiger partial charge in [-0.3, -0.25) is 4.79 Å². The number of hydrogen-bond donors (Lipinski definition) is 1. The van der Waals surface area contributed by atoms with E-state index in [1.165, 1.54) is 0 Å². The van der Waals surface area contributed by atoms with Gasteiger partial charge in [-0.1, -0.05) is 65.7 Å². The zero-order valence-corrected chi connectivity index (χ0v) is 27.1. The van der Waals surface area contributed by atoms with E-state index in [1.54, 1.807) is 21.6 Å². The van der Waals surface area contributed by atoms with Gasteiger partial charge in [0.2, 0.25) is 10.0 Å². The number of fused-ring (bicyclic) bond motifs is 1. The van der Waals surface area contributed by atoms with E-state index in [2.05, 4.69) is 4.72 Å². The maximum absolute atomic E-state index is 13.6. The van der Waals surface area contributed by atoms with Crippen LogP contribution in [0.15, 0.2) is 72.8 Å². The number of carbonyl (C=O) groups is 2. The van der Waals surface area contributed by atoms with Crippen LogP contribution in [0.5, 0.6) is 5.75 Å². The zero-order chi connectivity index (χ0) is 32.0. The molecule has 0 radical (unpaired) electrons. The van der Waals surface area contributed by atoms with Crippen LogP contribution >= 0.6 is 11.6 Å². The molecule has 3 aromatic carbocycles. The summed E-state index contributed by atoms with van der Waals surface area (Å²) in [6.45, 7) is 4.94. The van der Waals surface area contributed by atoms with Gasteiger partial charge in [-0.05, 0) is 74.9 Å². The molecule has 4 aromatic rings. The molecule has 1 atom stereocenters. The number of halogens is 1. The summed E-state index contributed by atoms with van der Waals surface area (Å²) >= 11 is 6.24. The molecule has 45 heavy (non-hydrogen) atoms. The molecule has 11 heteroatoms. The molecule has 0 saturated carbocycles. The number of hydrogen-bond acceptors (Lipinski definition) is 6. The number of piperidine rings is 1. The number of amides is 2. The summed E-state index contributed by atoms with van der Waals surface area (Å²) in [4.78, 5) is 28.2. The molecule has 2 amide bonds. The van der Waals surface area contributed by atoms with Crippen molar-refractivity contribution in [2.45, 2.75) is 58.7 Å². The quantitative estimate of drug-likeness (QED) is 0.195. The predicted molar refractivity (Wildman–Crippen MR) is 175 cm³/mol. The Bertz CT molecular complexity index is 1770. The number of likely N-dealkylation sites (tertiary alicyclic amines) is 1. The minimum absolute atomic E-state index is 0.146. The molecule has 1 unspecified atom stereocenters. The lowest BCUT2D eigenvalue weighted by atomic mass is 10.0. The Morgan fingerprint density at radius 2 is 1.76 bits per heavy atom. The number of benzene rings is 3. The van der Waals surface area contributed by atoms with E-state index in [1.807, 2.05) is 74.5 Å². The van der Waals surface area contributed by atoms with E-state index in [0.717, 1.165) is 34.9 Å². The first-order valence-corrected chi connectivity index (χ1v) is 17.1. The first-order valence-electron chi connectivity index (χ1n) is 15.1. The van der Waals surface area contributed by atoms with Crippen molar-refractivity contribution in [2.24, 2.45) is 0 Å². The van der Waals surface area contributed by atoms with Gasteiger partial charge in [0.1, 0.15) is 24.7 Å². The fourth-order valence-corrected chi connectivity index (χ4v) is 7.10. The summed E-state index contributed by atoms with van der Waals surface area (Å²) in [7, 11) is -4.02. The van der Waals surface area contributed by atoms with Crippen molar-refractivity contribution in [3.63, 3.8) is 0 Å². The van der Waals surface area contributed by atoms with Gasteiger partial charge in [-0.25, -0.2) is 17.9 Å². The molecule has 0 bridgehead atoms. The highest BCUT2D eigenvalue weighted by Gasteiger charge is 2.30. The Kier molecular flexibility index (Phi) is 10.4. The van der Waals surface area contributed by atoms with Gasteiger partial charge in [-0.15, -0.1) is 0 Å². The molecule has 9 nitrogen and oxygen atoms in total. The fraction of sp³-hybridized carbons (Fsp3) is 0.353. The lowest BCUT2D eigenvalue weighted by Gasteiger charge is -2.34. The topological polar surface area (TPSA) is 107 Å². The molecule has 1 saturated heterocycles. The molecular weight excluding hydrogens is 614 g/mol. The van der Waals surface area contributed by atoms with Crippen molar-refractivity contribution >= 4 is 44.5 Å². The van der Waals surface area contributed by atoms with Gasteiger partial charge in [0, 0.05) is 23.5 Å². The molecule has 1 aliphatic rings. The number of carbonyl (C=O) groups excluding carboxylic acids is 2. The molecule has 238 valence electrons. The number of aromatic nitrogens is 1.